The third kappa shape index (κ3) is 4.76. The van der Waals surface area contributed by atoms with Crippen molar-refractivity contribution >= 4 is 17.3 Å². The monoisotopic (exact) mass is 195 g/mol. The molecule has 0 spiro atoms. The van der Waals surface area contributed by atoms with Gasteiger partial charge in [0.05, 0.1) is 0 Å². The molecule has 70 valence electrons. The Morgan fingerprint density at radius 1 is 1.23 bits per heavy atom. The lowest BCUT2D eigenvalue weighted by atomic mass is 10.2. The van der Waals surface area contributed by atoms with Crippen molar-refractivity contribution in [2.75, 3.05) is 19.1 Å². The van der Waals surface area contributed by atoms with Gasteiger partial charge in [-0.2, -0.15) is 4.18 Å². The Labute approximate surface area is 83.0 Å². The van der Waals surface area contributed by atoms with Gasteiger partial charge in [-0.05, 0) is 5.56 Å². The molecule has 0 atom stereocenters. The standard InChI is InChI=1S/C11H15OS/c1-13(2)12-10-6-9-11-7-4-3-5-8-11/h3-9H,10H2,1-2H3/q+1/b9-6+. The smallest absolute Gasteiger partial charge is 0.141 e. The van der Waals surface area contributed by atoms with Crippen LogP contribution >= 0.6 is 0 Å². The Hall–Kier alpha value is -0.730. The SMILES string of the molecule is C[S+](C)OC/C=C/c1ccccc1. The molecule has 0 saturated carbocycles. The molecule has 0 heterocycles. The fourth-order valence-corrected chi connectivity index (χ4v) is 1.27. The van der Waals surface area contributed by atoms with E-state index in [9.17, 15) is 0 Å². The molecule has 0 unspecified atom stereocenters. The van der Waals surface area contributed by atoms with Crippen LogP contribution in [0, 0.1) is 0 Å². The summed E-state index contributed by atoms with van der Waals surface area (Å²) in [6.45, 7) is 0.699. The summed E-state index contributed by atoms with van der Waals surface area (Å²) in [4.78, 5) is 0. The van der Waals surface area contributed by atoms with E-state index in [1.165, 1.54) is 5.56 Å². The van der Waals surface area contributed by atoms with Crippen LogP contribution in [0.25, 0.3) is 6.08 Å². The quantitative estimate of drug-likeness (QED) is 0.671. The minimum atomic E-state index is 0.0753. The molecule has 0 fully saturated rings. The average molecular weight is 195 g/mol. The number of hydrogen-bond donors (Lipinski definition) is 0. The van der Waals surface area contributed by atoms with E-state index < -0.39 is 0 Å². The molecule has 0 amide bonds. The zero-order chi connectivity index (χ0) is 9.52. The molecule has 0 aliphatic rings. The van der Waals surface area contributed by atoms with Crippen LogP contribution in [0.2, 0.25) is 0 Å². The second kappa shape index (κ2) is 5.84. The zero-order valence-corrected chi connectivity index (χ0v) is 8.88. The lowest BCUT2D eigenvalue weighted by molar-refractivity contribution is 0.420. The summed E-state index contributed by atoms with van der Waals surface area (Å²) in [5.41, 5.74) is 1.22. The summed E-state index contributed by atoms with van der Waals surface area (Å²) in [7, 11) is 0. The summed E-state index contributed by atoms with van der Waals surface area (Å²) in [5.74, 6) is 0. The molecule has 1 aromatic carbocycles. The van der Waals surface area contributed by atoms with E-state index in [4.69, 9.17) is 4.18 Å². The van der Waals surface area contributed by atoms with Crippen LogP contribution in [0.4, 0.5) is 0 Å². The van der Waals surface area contributed by atoms with Gasteiger partial charge >= 0.3 is 0 Å². The molecular weight excluding hydrogens is 180 g/mol. The van der Waals surface area contributed by atoms with Crippen LogP contribution < -0.4 is 0 Å². The number of rotatable bonds is 4. The Kier molecular flexibility index (Phi) is 4.65. The van der Waals surface area contributed by atoms with Crippen LogP contribution in [0.3, 0.4) is 0 Å². The molecule has 0 saturated heterocycles. The van der Waals surface area contributed by atoms with Crippen molar-refractivity contribution < 1.29 is 4.18 Å². The van der Waals surface area contributed by atoms with E-state index >= 15 is 0 Å². The minimum Gasteiger partial charge on any atom is -0.170 e. The van der Waals surface area contributed by atoms with Gasteiger partial charge in [-0.15, -0.1) is 0 Å². The van der Waals surface area contributed by atoms with Crippen molar-refractivity contribution in [1.82, 2.24) is 0 Å². The molecule has 1 nitrogen and oxygen atoms in total. The van der Waals surface area contributed by atoms with E-state index in [0.717, 1.165) is 0 Å². The van der Waals surface area contributed by atoms with Crippen LogP contribution in [0.1, 0.15) is 5.56 Å². The maximum Gasteiger partial charge on any atom is 0.141 e. The highest BCUT2D eigenvalue weighted by Crippen LogP contribution is 2.00. The van der Waals surface area contributed by atoms with Crippen LogP contribution in [0.5, 0.6) is 0 Å². The van der Waals surface area contributed by atoms with Crippen molar-refractivity contribution in [1.29, 1.82) is 0 Å². The molecule has 0 radical (unpaired) electrons. The van der Waals surface area contributed by atoms with Gasteiger partial charge in [0.15, 0.2) is 0 Å². The first-order valence-corrected chi connectivity index (χ1v) is 6.18. The lowest BCUT2D eigenvalue weighted by Crippen LogP contribution is -2.00. The van der Waals surface area contributed by atoms with Gasteiger partial charge in [0.2, 0.25) is 0 Å². The molecule has 0 aliphatic carbocycles. The zero-order valence-electron chi connectivity index (χ0n) is 8.07. The number of hydrogen-bond acceptors (Lipinski definition) is 1. The highest BCUT2D eigenvalue weighted by atomic mass is 32.2. The van der Waals surface area contributed by atoms with Crippen LogP contribution in [-0.2, 0) is 15.4 Å². The Morgan fingerprint density at radius 2 is 1.92 bits per heavy atom. The minimum absolute atomic E-state index is 0.0753. The first-order chi connectivity index (χ1) is 6.29. The molecule has 0 aromatic heterocycles. The molecule has 2 heteroatoms. The van der Waals surface area contributed by atoms with Gasteiger partial charge in [0.1, 0.15) is 30.3 Å². The van der Waals surface area contributed by atoms with Crippen molar-refractivity contribution in [3.63, 3.8) is 0 Å². The van der Waals surface area contributed by atoms with Crippen LogP contribution in [0.15, 0.2) is 36.4 Å². The van der Waals surface area contributed by atoms with Crippen LogP contribution in [-0.4, -0.2) is 19.1 Å². The Morgan fingerprint density at radius 3 is 2.54 bits per heavy atom. The summed E-state index contributed by atoms with van der Waals surface area (Å²) < 4.78 is 5.40. The number of benzene rings is 1. The summed E-state index contributed by atoms with van der Waals surface area (Å²) in [5, 5.41) is 0. The highest BCUT2D eigenvalue weighted by molar-refractivity contribution is 7.90. The predicted octanol–water partition coefficient (Wildman–Crippen LogP) is 2.51. The first-order valence-electron chi connectivity index (χ1n) is 4.21. The largest absolute Gasteiger partial charge is 0.170 e. The maximum absolute atomic E-state index is 5.40. The summed E-state index contributed by atoms with van der Waals surface area (Å²) in [6.07, 6.45) is 8.25. The average Bonchev–Trinajstić information content (AvgIpc) is 2.14. The third-order valence-corrected chi connectivity index (χ3v) is 2.12. The Balaban J connectivity index is 2.33. The van der Waals surface area contributed by atoms with Crippen molar-refractivity contribution in [3.8, 4) is 0 Å². The van der Waals surface area contributed by atoms with Gasteiger partial charge < -0.3 is 0 Å². The van der Waals surface area contributed by atoms with Gasteiger partial charge in [0, 0.05) is 0 Å². The van der Waals surface area contributed by atoms with Crippen molar-refractivity contribution in [2.45, 2.75) is 0 Å². The van der Waals surface area contributed by atoms with Crippen molar-refractivity contribution in [3.05, 3.63) is 42.0 Å². The molecule has 1 aromatic rings. The van der Waals surface area contributed by atoms with E-state index in [1.54, 1.807) is 0 Å². The van der Waals surface area contributed by atoms with Crippen molar-refractivity contribution in [2.24, 2.45) is 0 Å². The Bertz CT molecular complexity index is 254. The molecule has 13 heavy (non-hydrogen) atoms. The predicted molar refractivity (Wildman–Crippen MR) is 60.6 cm³/mol. The summed E-state index contributed by atoms with van der Waals surface area (Å²) >= 11 is 0.0753. The fraction of sp³-hybridized carbons (Fsp3) is 0.273. The van der Waals surface area contributed by atoms with Gasteiger partial charge in [-0.25, -0.2) is 0 Å². The van der Waals surface area contributed by atoms with Gasteiger partial charge in [-0.1, -0.05) is 42.5 Å². The molecule has 0 bridgehead atoms. The molecular formula is C11H15OS+. The highest BCUT2D eigenvalue weighted by Gasteiger charge is 1.98. The topological polar surface area (TPSA) is 9.23 Å². The molecule has 1 rings (SSSR count). The van der Waals surface area contributed by atoms with Gasteiger partial charge in [-0.3, -0.25) is 0 Å². The fourth-order valence-electron chi connectivity index (χ4n) is 0.924. The maximum atomic E-state index is 5.40. The molecule has 0 aliphatic heterocycles. The summed E-state index contributed by atoms with van der Waals surface area (Å²) in [6, 6.07) is 10.2. The lowest BCUT2D eigenvalue weighted by Gasteiger charge is -1.92. The van der Waals surface area contributed by atoms with E-state index in [1.807, 2.05) is 24.3 Å². The normalized spacial score (nSPS) is 11.3. The molecule has 0 N–H and O–H groups in total. The first kappa shape index (κ1) is 10.4. The van der Waals surface area contributed by atoms with Gasteiger partial charge in [0.25, 0.3) is 0 Å². The second-order valence-corrected chi connectivity index (χ2v) is 4.56. The van der Waals surface area contributed by atoms with E-state index in [0.29, 0.717) is 6.61 Å². The van der Waals surface area contributed by atoms with E-state index in [2.05, 4.69) is 30.7 Å². The van der Waals surface area contributed by atoms with E-state index in [-0.39, 0.29) is 11.2 Å². The second-order valence-electron chi connectivity index (χ2n) is 2.84. The third-order valence-electron chi connectivity index (χ3n) is 1.51.